The SMILES string of the molecule is CC(C)n1cc([C@H]2C[C@@H]2NCC2CCN(CCCc3ccc(C(=O)Nc4ccccc4N)cc3)CC2)cn1. The second kappa shape index (κ2) is 12.1. The highest BCUT2D eigenvalue weighted by Crippen LogP contribution is 2.41. The molecule has 38 heavy (non-hydrogen) atoms. The third-order valence-corrected chi connectivity index (χ3v) is 8.11. The molecule has 3 aromatic rings. The summed E-state index contributed by atoms with van der Waals surface area (Å²) in [5, 5.41) is 11.2. The largest absolute Gasteiger partial charge is 0.397 e. The van der Waals surface area contributed by atoms with E-state index in [1.807, 2.05) is 30.3 Å². The van der Waals surface area contributed by atoms with Gasteiger partial charge in [-0.3, -0.25) is 9.48 Å². The van der Waals surface area contributed by atoms with Crippen LogP contribution in [0.1, 0.15) is 73.0 Å². The number of aryl methyl sites for hydroxylation is 1. The molecule has 0 unspecified atom stereocenters. The Kier molecular flexibility index (Phi) is 8.45. The second-order valence-corrected chi connectivity index (χ2v) is 11.3. The Labute approximate surface area is 226 Å². The van der Waals surface area contributed by atoms with Crippen LogP contribution in [0.5, 0.6) is 0 Å². The summed E-state index contributed by atoms with van der Waals surface area (Å²) < 4.78 is 2.07. The van der Waals surface area contributed by atoms with Crippen molar-refractivity contribution < 1.29 is 4.79 Å². The lowest BCUT2D eigenvalue weighted by molar-refractivity contribution is 0.102. The van der Waals surface area contributed by atoms with Gasteiger partial charge in [0.25, 0.3) is 5.91 Å². The van der Waals surface area contributed by atoms with Crippen molar-refractivity contribution in [3.63, 3.8) is 0 Å². The number of hydrogen-bond acceptors (Lipinski definition) is 5. The lowest BCUT2D eigenvalue weighted by atomic mass is 9.96. The van der Waals surface area contributed by atoms with Crippen LogP contribution in [0.3, 0.4) is 0 Å². The molecule has 1 aliphatic carbocycles. The van der Waals surface area contributed by atoms with E-state index in [4.69, 9.17) is 5.73 Å². The van der Waals surface area contributed by atoms with Gasteiger partial charge in [-0.1, -0.05) is 24.3 Å². The normalized spacial score (nSPS) is 20.1. The number of nitrogens with two attached hydrogens (primary N) is 1. The van der Waals surface area contributed by atoms with Crippen molar-refractivity contribution in [1.82, 2.24) is 20.0 Å². The van der Waals surface area contributed by atoms with Gasteiger partial charge in [0.1, 0.15) is 0 Å². The summed E-state index contributed by atoms with van der Waals surface area (Å²) in [5.74, 6) is 1.30. The number of rotatable bonds is 11. The lowest BCUT2D eigenvalue weighted by Gasteiger charge is -2.32. The molecule has 2 fully saturated rings. The molecule has 4 N–H and O–H groups in total. The minimum absolute atomic E-state index is 0.133. The van der Waals surface area contributed by atoms with Crippen LogP contribution in [0, 0.1) is 5.92 Å². The highest BCUT2D eigenvalue weighted by Gasteiger charge is 2.39. The van der Waals surface area contributed by atoms with Crippen LogP contribution in [-0.4, -0.2) is 52.8 Å². The van der Waals surface area contributed by atoms with E-state index >= 15 is 0 Å². The summed E-state index contributed by atoms with van der Waals surface area (Å²) in [5.41, 5.74) is 10.5. The first-order chi connectivity index (χ1) is 18.5. The lowest BCUT2D eigenvalue weighted by Crippen LogP contribution is -2.38. The van der Waals surface area contributed by atoms with E-state index in [-0.39, 0.29) is 5.91 Å². The number of likely N-dealkylation sites (tertiary alicyclic amines) is 1. The van der Waals surface area contributed by atoms with Gasteiger partial charge in [-0.25, -0.2) is 0 Å². The Hall–Kier alpha value is -3.16. The fourth-order valence-electron chi connectivity index (χ4n) is 5.48. The number of hydrogen-bond donors (Lipinski definition) is 3. The van der Waals surface area contributed by atoms with Gasteiger partial charge in [0, 0.05) is 29.8 Å². The van der Waals surface area contributed by atoms with Crippen molar-refractivity contribution in [3.05, 3.63) is 77.6 Å². The molecule has 2 heterocycles. The second-order valence-electron chi connectivity index (χ2n) is 11.3. The minimum Gasteiger partial charge on any atom is -0.397 e. The first-order valence-electron chi connectivity index (χ1n) is 14.2. The number of para-hydroxylation sites is 2. The fourth-order valence-corrected chi connectivity index (χ4v) is 5.48. The van der Waals surface area contributed by atoms with Gasteiger partial charge in [-0.05, 0) is 113 Å². The molecule has 202 valence electrons. The summed E-state index contributed by atoms with van der Waals surface area (Å²) in [4.78, 5) is 15.1. The van der Waals surface area contributed by atoms with Crippen molar-refractivity contribution in [1.29, 1.82) is 0 Å². The van der Waals surface area contributed by atoms with Gasteiger partial charge >= 0.3 is 0 Å². The van der Waals surface area contributed by atoms with Crippen LogP contribution in [-0.2, 0) is 6.42 Å². The Morgan fingerprint density at radius 2 is 1.87 bits per heavy atom. The number of anilines is 2. The maximum atomic E-state index is 12.5. The van der Waals surface area contributed by atoms with Crippen LogP contribution in [0.2, 0.25) is 0 Å². The van der Waals surface area contributed by atoms with Gasteiger partial charge in [0.05, 0.1) is 17.6 Å². The summed E-state index contributed by atoms with van der Waals surface area (Å²) >= 11 is 0. The first kappa shape index (κ1) is 26.4. The zero-order valence-electron chi connectivity index (χ0n) is 22.8. The maximum Gasteiger partial charge on any atom is 0.255 e. The van der Waals surface area contributed by atoms with Crippen molar-refractivity contribution in [2.75, 3.05) is 37.2 Å². The molecule has 1 saturated heterocycles. The standard InChI is InChI=1S/C31H42N6O/c1-22(2)37-21-26(20-34-37)27-18-30(27)33-19-24-13-16-36(17-14-24)15-5-6-23-9-11-25(12-10-23)31(38)35-29-8-4-3-7-28(29)32/h3-4,7-12,20-22,24,27,30,33H,5-6,13-19,32H2,1-2H3,(H,35,38)/t27-,30+/m1/s1. The van der Waals surface area contributed by atoms with Gasteiger partial charge < -0.3 is 21.3 Å². The quantitative estimate of drug-likeness (QED) is 0.310. The molecular weight excluding hydrogens is 472 g/mol. The topological polar surface area (TPSA) is 88.2 Å². The average molecular weight is 515 g/mol. The van der Waals surface area contributed by atoms with E-state index in [2.05, 4.69) is 63.7 Å². The van der Waals surface area contributed by atoms with Gasteiger partial charge in [-0.2, -0.15) is 5.10 Å². The zero-order valence-corrected chi connectivity index (χ0v) is 22.8. The number of carbonyl (C=O) groups is 1. The molecule has 1 amide bonds. The van der Waals surface area contributed by atoms with Crippen molar-refractivity contribution in [2.24, 2.45) is 5.92 Å². The summed E-state index contributed by atoms with van der Waals surface area (Å²) in [6, 6.07) is 16.3. The number of carbonyl (C=O) groups excluding carboxylic acids is 1. The molecule has 1 aromatic heterocycles. The molecule has 0 bridgehead atoms. The molecule has 5 rings (SSSR count). The van der Waals surface area contributed by atoms with Crippen LogP contribution in [0.4, 0.5) is 11.4 Å². The van der Waals surface area contributed by atoms with Gasteiger partial charge in [0.15, 0.2) is 0 Å². The number of nitrogens with one attached hydrogen (secondary N) is 2. The highest BCUT2D eigenvalue weighted by atomic mass is 16.1. The van der Waals surface area contributed by atoms with Gasteiger partial charge in [0.2, 0.25) is 0 Å². The fraction of sp³-hybridized carbons (Fsp3) is 0.484. The summed E-state index contributed by atoms with van der Waals surface area (Å²) in [6.45, 7) is 9.03. The summed E-state index contributed by atoms with van der Waals surface area (Å²) in [7, 11) is 0. The predicted octanol–water partition coefficient (Wildman–Crippen LogP) is 5.09. The molecule has 1 saturated carbocycles. The van der Waals surface area contributed by atoms with E-state index in [1.165, 1.54) is 43.5 Å². The Morgan fingerprint density at radius 1 is 1.11 bits per heavy atom. The van der Waals surface area contributed by atoms with E-state index in [9.17, 15) is 4.79 Å². The number of amides is 1. The van der Waals surface area contributed by atoms with E-state index in [0.29, 0.717) is 34.9 Å². The van der Waals surface area contributed by atoms with Crippen LogP contribution < -0.4 is 16.4 Å². The third kappa shape index (κ3) is 6.83. The summed E-state index contributed by atoms with van der Waals surface area (Å²) in [6.07, 6.45) is 10.3. The molecule has 7 heteroatoms. The van der Waals surface area contributed by atoms with E-state index in [1.54, 1.807) is 6.07 Å². The number of nitrogen functional groups attached to an aromatic ring is 1. The zero-order chi connectivity index (χ0) is 26.5. The molecule has 7 nitrogen and oxygen atoms in total. The monoisotopic (exact) mass is 514 g/mol. The molecule has 0 spiro atoms. The van der Waals surface area contributed by atoms with Crippen LogP contribution >= 0.6 is 0 Å². The van der Waals surface area contributed by atoms with Crippen molar-refractivity contribution in [2.45, 2.75) is 64.0 Å². The predicted molar refractivity (Wildman–Crippen MR) is 154 cm³/mol. The number of piperidine rings is 1. The minimum atomic E-state index is -0.133. The number of nitrogens with zero attached hydrogens (tertiary/aromatic N) is 3. The Balaban J connectivity index is 0.964. The Morgan fingerprint density at radius 3 is 2.58 bits per heavy atom. The number of benzene rings is 2. The molecule has 2 aliphatic rings. The van der Waals surface area contributed by atoms with Crippen molar-refractivity contribution >= 4 is 17.3 Å². The molecular formula is C31H42N6O. The molecule has 1 aliphatic heterocycles. The number of aromatic nitrogens is 2. The Bertz CT molecular complexity index is 1200. The highest BCUT2D eigenvalue weighted by molar-refractivity contribution is 6.05. The molecule has 2 aromatic carbocycles. The smallest absolute Gasteiger partial charge is 0.255 e. The van der Waals surface area contributed by atoms with Gasteiger partial charge in [-0.15, -0.1) is 0 Å². The van der Waals surface area contributed by atoms with Crippen LogP contribution in [0.15, 0.2) is 60.9 Å². The first-order valence-corrected chi connectivity index (χ1v) is 14.2. The molecule has 0 radical (unpaired) electrons. The molecule has 2 atom stereocenters. The third-order valence-electron chi connectivity index (χ3n) is 8.11. The van der Waals surface area contributed by atoms with E-state index in [0.717, 1.165) is 31.8 Å². The average Bonchev–Trinajstić information content (AvgIpc) is 3.53. The van der Waals surface area contributed by atoms with E-state index < -0.39 is 0 Å². The maximum absolute atomic E-state index is 12.5. The van der Waals surface area contributed by atoms with Crippen molar-refractivity contribution in [3.8, 4) is 0 Å². The van der Waals surface area contributed by atoms with Crippen LogP contribution in [0.25, 0.3) is 0 Å².